The molecule has 0 aliphatic carbocycles. The summed E-state index contributed by atoms with van der Waals surface area (Å²) in [7, 11) is 1.70. The third-order valence-electron chi connectivity index (χ3n) is 3.29. The van der Waals surface area contributed by atoms with Crippen molar-refractivity contribution in [3.63, 3.8) is 0 Å². The first-order chi connectivity index (χ1) is 10.1. The lowest BCUT2D eigenvalue weighted by molar-refractivity contribution is 0.415. The molecule has 0 radical (unpaired) electrons. The maximum atomic E-state index is 5.24. The van der Waals surface area contributed by atoms with Gasteiger partial charge in [0.1, 0.15) is 5.75 Å². The molecule has 0 aromatic heterocycles. The number of anilines is 1. The van der Waals surface area contributed by atoms with Crippen LogP contribution in [0.2, 0.25) is 0 Å². The summed E-state index contributed by atoms with van der Waals surface area (Å²) in [4.78, 5) is 2.41. The number of rotatable bonds is 6. The molecule has 112 valence electrons. The van der Waals surface area contributed by atoms with Gasteiger partial charge >= 0.3 is 0 Å². The van der Waals surface area contributed by atoms with E-state index in [1.54, 1.807) is 7.11 Å². The Morgan fingerprint density at radius 2 is 1.81 bits per heavy atom. The van der Waals surface area contributed by atoms with E-state index in [1.807, 2.05) is 12.1 Å². The quantitative estimate of drug-likeness (QED) is 0.718. The Labute approximate surface area is 135 Å². The second-order valence-electron chi connectivity index (χ2n) is 5.60. The Kier molecular flexibility index (Phi) is 5.68. The predicted molar refractivity (Wildman–Crippen MR) is 93.0 cm³/mol. The second kappa shape index (κ2) is 7.51. The van der Waals surface area contributed by atoms with Crippen LogP contribution in [-0.4, -0.2) is 13.7 Å². The minimum Gasteiger partial charge on any atom is -0.497 e. The molecule has 0 saturated heterocycles. The molecule has 0 bridgehead atoms. The zero-order chi connectivity index (χ0) is 15.2. The van der Waals surface area contributed by atoms with E-state index in [9.17, 15) is 0 Å². The molecule has 21 heavy (non-hydrogen) atoms. The molecule has 0 unspecified atom stereocenters. The van der Waals surface area contributed by atoms with Gasteiger partial charge in [-0.1, -0.05) is 41.9 Å². The fraction of sp³-hybridized carbons (Fsp3) is 0.333. The van der Waals surface area contributed by atoms with Crippen LogP contribution < -0.4 is 9.64 Å². The Morgan fingerprint density at radius 1 is 1.10 bits per heavy atom. The van der Waals surface area contributed by atoms with Gasteiger partial charge in [-0.05, 0) is 47.9 Å². The lowest BCUT2D eigenvalue weighted by atomic mass is 10.1. The van der Waals surface area contributed by atoms with E-state index in [-0.39, 0.29) is 0 Å². The van der Waals surface area contributed by atoms with Crippen LogP contribution in [0.4, 0.5) is 5.69 Å². The molecule has 0 atom stereocenters. The Hall–Kier alpha value is -1.48. The van der Waals surface area contributed by atoms with Crippen molar-refractivity contribution in [2.24, 2.45) is 5.92 Å². The molecule has 2 nitrogen and oxygen atoms in total. The van der Waals surface area contributed by atoms with Crippen LogP contribution in [0, 0.1) is 5.92 Å². The number of ether oxygens (including phenoxy) is 1. The zero-order valence-corrected chi connectivity index (χ0v) is 14.4. The highest BCUT2D eigenvalue weighted by Gasteiger charge is 2.10. The summed E-state index contributed by atoms with van der Waals surface area (Å²) in [6, 6.07) is 16.8. The molecular weight excluding hydrogens is 326 g/mol. The van der Waals surface area contributed by atoms with E-state index in [0.29, 0.717) is 5.92 Å². The third kappa shape index (κ3) is 4.78. The fourth-order valence-corrected chi connectivity index (χ4v) is 2.80. The molecule has 0 N–H and O–H groups in total. The van der Waals surface area contributed by atoms with Gasteiger partial charge in [-0.15, -0.1) is 0 Å². The topological polar surface area (TPSA) is 12.5 Å². The highest BCUT2D eigenvalue weighted by Crippen LogP contribution is 2.23. The van der Waals surface area contributed by atoms with Crippen molar-refractivity contribution in [3.8, 4) is 5.75 Å². The highest BCUT2D eigenvalue weighted by atomic mass is 79.9. The van der Waals surface area contributed by atoms with Crippen LogP contribution >= 0.6 is 15.9 Å². The molecule has 0 heterocycles. The van der Waals surface area contributed by atoms with Crippen molar-refractivity contribution in [2.45, 2.75) is 20.4 Å². The molecule has 2 aromatic rings. The number of nitrogens with zero attached hydrogens (tertiary/aromatic N) is 1. The molecule has 0 fully saturated rings. The monoisotopic (exact) mass is 347 g/mol. The van der Waals surface area contributed by atoms with E-state index < -0.39 is 0 Å². The Bertz CT molecular complexity index is 566. The van der Waals surface area contributed by atoms with Gasteiger partial charge < -0.3 is 9.64 Å². The largest absolute Gasteiger partial charge is 0.497 e. The highest BCUT2D eigenvalue weighted by molar-refractivity contribution is 9.10. The van der Waals surface area contributed by atoms with Crippen LogP contribution in [0.25, 0.3) is 0 Å². The smallest absolute Gasteiger partial charge is 0.119 e. The van der Waals surface area contributed by atoms with E-state index >= 15 is 0 Å². The van der Waals surface area contributed by atoms with Crippen molar-refractivity contribution in [1.82, 2.24) is 0 Å². The average molecular weight is 348 g/mol. The van der Waals surface area contributed by atoms with Crippen LogP contribution in [0.1, 0.15) is 19.4 Å². The Balaban J connectivity index is 2.20. The second-order valence-corrected chi connectivity index (χ2v) is 6.52. The molecule has 0 saturated carbocycles. The van der Waals surface area contributed by atoms with Gasteiger partial charge in [-0.3, -0.25) is 0 Å². The van der Waals surface area contributed by atoms with Gasteiger partial charge in [0.25, 0.3) is 0 Å². The van der Waals surface area contributed by atoms with Crippen LogP contribution in [0.5, 0.6) is 5.75 Å². The van der Waals surface area contributed by atoms with Crippen LogP contribution in [0.3, 0.4) is 0 Å². The summed E-state index contributed by atoms with van der Waals surface area (Å²) in [5, 5.41) is 0. The van der Waals surface area contributed by atoms with E-state index in [0.717, 1.165) is 23.3 Å². The van der Waals surface area contributed by atoms with E-state index in [4.69, 9.17) is 4.74 Å². The SMILES string of the molecule is COc1ccc(N(Cc2cccc(Br)c2)CC(C)C)cc1. The van der Waals surface area contributed by atoms with Crippen LogP contribution in [0.15, 0.2) is 53.0 Å². The first-order valence-electron chi connectivity index (χ1n) is 7.22. The lowest BCUT2D eigenvalue weighted by Gasteiger charge is -2.27. The van der Waals surface area contributed by atoms with Crippen LogP contribution in [-0.2, 0) is 6.54 Å². The van der Waals surface area contributed by atoms with Gasteiger partial charge in [0.15, 0.2) is 0 Å². The van der Waals surface area contributed by atoms with Gasteiger partial charge in [0, 0.05) is 23.2 Å². The number of methoxy groups -OCH3 is 1. The first kappa shape index (κ1) is 15.9. The minimum atomic E-state index is 0.610. The number of hydrogen-bond acceptors (Lipinski definition) is 2. The van der Waals surface area contributed by atoms with Gasteiger partial charge in [0.2, 0.25) is 0 Å². The average Bonchev–Trinajstić information content (AvgIpc) is 2.46. The summed E-state index contributed by atoms with van der Waals surface area (Å²) in [5.74, 6) is 1.50. The number of hydrogen-bond donors (Lipinski definition) is 0. The summed E-state index contributed by atoms with van der Waals surface area (Å²) < 4.78 is 6.36. The van der Waals surface area contributed by atoms with Crippen molar-refractivity contribution in [3.05, 3.63) is 58.6 Å². The van der Waals surface area contributed by atoms with Crippen molar-refractivity contribution >= 4 is 21.6 Å². The molecule has 2 aromatic carbocycles. The lowest BCUT2D eigenvalue weighted by Crippen LogP contribution is -2.27. The van der Waals surface area contributed by atoms with Crippen molar-refractivity contribution in [2.75, 3.05) is 18.6 Å². The molecular formula is C18H22BrNO. The summed E-state index contributed by atoms with van der Waals surface area (Å²) in [5.41, 5.74) is 2.53. The Morgan fingerprint density at radius 3 is 2.38 bits per heavy atom. The molecule has 0 amide bonds. The maximum absolute atomic E-state index is 5.24. The van der Waals surface area contributed by atoms with Crippen molar-refractivity contribution in [1.29, 1.82) is 0 Å². The first-order valence-corrected chi connectivity index (χ1v) is 8.01. The van der Waals surface area contributed by atoms with Gasteiger partial charge in [-0.25, -0.2) is 0 Å². The third-order valence-corrected chi connectivity index (χ3v) is 3.78. The molecule has 2 rings (SSSR count). The van der Waals surface area contributed by atoms with E-state index in [1.165, 1.54) is 11.3 Å². The van der Waals surface area contributed by atoms with Gasteiger partial charge in [0.05, 0.1) is 7.11 Å². The summed E-state index contributed by atoms with van der Waals surface area (Å²) in [6.45, 7) is 6.43. The molecule has 3 heteroatoms. The predicted octanol–water partition coefficient (Wildman–Crippen LogP) is 5.12. The summed E-state index contributed by atoms with van der Waals surface area (Å²) >= 11 is 3.54. The van der Waals surface area contributed by atoms with E-state index in [2.05, 4.69) is 71.1 Å². The number of halogens is 1. The molecule has 0 spiro atoms. The molecule has 0 aliphatic rings. The maximum Gasteiger partial charge on any atom is 0.119 e. The molecule has 0 aliphatic heterocycles. The van der Waals surface area contributed by atoms with Gasteiger partial charge in [-0.2, -0.15) is 0 Å². The normalized spacial score (nSPS) is 10.7. The summed E-state index contributed by atoms with van der Waals surface area (Å²) in [6.07, 6.45) is 0. The van der Waals surface area contributed by atoms with Crippen molar-refractivity contribution < 1.29 is 4.74 Å². The standard InChI is InChI=1S/C18H22BrNO/c1-14(2)12-20(13-15-5-4-6-16(19)11-15)17-7-9-18(21-3)10-8-17/h4-11,14H,12-13H2,1-3H3. The zero-order valence-electron chi connectivity index (χ0n) is 12.8. The number of benzene rings is 2. The minimum absolute atomic E-state index is 0.610. The fourth-order valence-electron chi connectivity index (χ4n) is 2.35.